The molecular formula is C12H17BrN2. The maximum atomic E-state index is 4.28. The summed E-state index contributed by atoms with van der Waals surface area (Å²) >= 11 is 3.63. The summed E-state index contributed by atoms with van der Waals surface area (Å²) < 4.78 is 1.15. The third kappa shape index (κ3) is 2.33. The van der Waals surface area contributed by atoms with Crippen molar-refractivity contribution in [2.75, 3.05) is 18.0 Å². The van der Waals surface area contributed by atoms with Crippen LogP contribution in [-0.4, -0.2) is 18.1 Å². The second kappa shape index (κ2) is 4.52. The zero-order valence-electron chi connectivity index (χ0n) is 9.33. The minimum atomic E-state index is 0.878. The molecule has 1 aromatic rings. The lowest BCUT2D eigenvalue weighted by atomic mass is 9.99. The number of rotatable bonds is 1. The number of halogens is 1. The quantitative estimate of drug-likeness (QED) is 0.776. The summed E-state index contributed by atoms with van der Waals surface area (Å²) in [6, 6.07) is 2.10. The van der Waals surface area contributed by atoms with E-state index in [1.807, 2.05) is 13.1 Å². The molecule has 0 N–H and O–H groups in total. The van der Waals surface area contributed by atoms with Crippen molar-refractivity contribution < 1.29 is 0 Å². The summed E-state index contributed by atoms with van der Waals surface area (Å²) in [4.78, 5) is 6.73. The van der Waals surface area contributed by atoms with Gasteiger partial charge in [0.25, 0.3) is 0 Å². The largest absolute Gasteiger partial charge is 0.371 e. The normalized spacial score (nSPS) is 18.2. The minimum Gasteiger partial charge on any atom is -0.371 e. The highest BCUT2D eigenvalue weighted by Crippen LogP contribution is 2.30. The molecule has 0 unspecified atom stereocenters. The predicted molar refractivity (Wildman–Crippen MR) is 67.3 cm³/mol. The van der Waals surface area contributed by atoms with E-state index in [4.69, 9.17) is 0 Å². The zero-order chi connectivity index (χ0) is 10.8. The number of hydrogen-bond donors (Lipinski definition) is 0. The third-order valence-electron chi connectivity index (χ3n) is 3.17. The van der Waals surface area contributed by atoms with Crippen molar-refractivity contribution in [2.24, 2.45) is 5.92 Å². The van der Waals surface area contributed by atoms with Crippen LogP contribution in [0.2, 0.25) is 0 Å². The lowest BCUT2D eigenvalue weighted by Crippen LogP contribution is -2.33. The predicted octanol–water partition coefficient (Wildman–Crippen LogP) is 3.39. The van der Waals surface area contributed by atoms with Crippen LogP contribution in [0.4, 0.5) is 5.69 Å². The van der Waals surface area contributed by atoms with Gasteiger partial charge < -0.3 is 4.90 Å². The molecule has 2 nitrogen and oxygen atoms in total. The Balaban J connectivity index is 2.19. The van der Waals surface area contributed by atoms with E-state index in [0.717, 1.165) is 16.1 Å². The van der Waals surface area contributed by atoms with Crippen LogP contribution in [0.1, 0.15) is 25.5 Å². The maximum absolute atomic E-state index is 4.28. The molecule has 1 aliphatic heterocycles. The summed E-state index contributed by atoms with van der Waals surface area (Å²) in [5.74, 6) is 0.878. The Labute approximate surface area is 99.8 Å². The van der Waals surface area contributed by atoms with Gasteiger partial charge in [0.2, 0.25) is 0 Å². The van der Waals surface area contributed by atoms with E-state index in [0.29, 0.717) is 0 Å². The molecule has 15 heavy (non-hydrogen) atoms. The number of aromatic nitrogens is 1. The van der Waals surface area contributed by atoms with Gasteiger partial charge >= 0.3 is 0 Å². The van der Waals surface area contributed by atoms with Gasteiger partial charge in [0.05, 0.1) is 15.9 Å². The van der Waals surface area contributed by atoms with Gasteiger partial charge in [-0.2, -0.15) is 0 Å². The fourth-order valence-electron chi connectivity index (χ4n) is 2.03. The molecule has 1 aliphatic rings. The minimum absolute atomic E-state index is 0.878. The number of aryl methyl sites for hydroxylation is 1. The molecule has 0 aromatic carbocycles. The fourth-order valence-corrected chi connectivity index (χ4v) is 2.51. The Kier molecular flexibility index (Phi) is 3.29. The van der Waals surface area contributed by atoms with Gasteiger partial charge in [0.1, 0.15) is 0 Å². The Bertz CT molecular complexity index is 343. The van der Waals surface area contributed by atoms with E-state index in [-0.39, 0.29) is 0 Å². The molecule has 82 valence electrons. The second-order valence-electron chi connectivity index (χ2n) is 4.40. The molecule has 0 aliphatic carbocycles. The van der Waals surface area contributed by atoms with Crippen LogP contribution >= 0.6 is 15.9 Å². The van der Waals surface area contributed by atoms with E-state index in [1.54, 1.807) is 0 Å². The van der Waals surface area contributed by atoms with Crippen molar-refractivity contribution in [3.8, 4) is 0 Å². The van der Waals surface area contributed by atoms with E-state index < -0.39 is 0 Å². The van der Waals surface area contributed by atoms with Crippen LogP contribution in [0.3, 0.4) is 0 Å². The number of piperidine rings is 1. The van der Waals surface area contributed by atoms with Crippen molar-refractivity contribution in [1.82, 2.24) is 4.98 Å². The van der Waals surface area contributed by atoms with Crippen LogP contribution in [0.5, 0.6) is 0 Å². The van der Waals surface area contributed by atoms with Gasteiger partial charge in [0.15, 0.2) is 0 Å². The Morgan fingerprint density at radius 2 is 2.07 bits per heavy atom. The van der Waals surface area contributed by atoms with Gasteiger partial charge in [-0.25, -0.2) is 0 Å². The van der Waals surface area contributed by atoms with Crippen LogP contribution in [0.25, 0.3) is 0 Å². The van der Waals surface area contributed by atoms with Crippen molar-refractivity contribution in [3.63, 3.8) is 0 Å². The first-order chi connectivity index (χ1) is 7.18. The molecule has 1 fully saturated rings. The molecule has 0 radical (unpaired) electrons. The summed E-state index contributed by atoms with van der Waals surface area (Å²) in [5, 5.41) is 0. The van der Waals surface area contributed by atoms with Crippen LogP contribution in [-0.2, 0) is 0 Å². The molecule has 0 saturated carbocycles. The molecule has 0 atom stereocenters. The third-order valence-corrected chi connectivity index (χ3v) is 4.15. The zero-order valence-corrected chi connectivity index (χ0v) is 10.9. The summed E-state index contributed by atoms with van der Waals surface area (Å²) in [6.45, 7) is 6.72. The standard InChI is InChI=1S/C12H17BrN2/c1-9-4-7-15(8-5-9)11-3-6-14-10(2)12(11)13/h3,6,9H,4-5,7-8H2,1-2H3. The van der Waals surface area contributed by atoms with E-state index in [1.165, 1.54) is 31.6 Å². The van der Waals surface area contributed by atoms with Crippen LogP contribution < -0.4 is 4.90 Å². The SMILES string of the molecule is Cc1nccc(N2CCC(C)CC2)c1Br. The highest BCUT2D eigenvalue weighted by atomic mass is 79.9. The monoisotopic (exact) mass is 268 g/mol. The lowest BCUT2D eigenvalue weighted by molar-refractivity contribution is 0.438. The Hall–Kier alpha value is -0.570. The Morgan fingerprint density at radius 3 is 2.73 bits per heavy atom. The molecular weight excluding hydrogens is 252 g/mol. The van der Waals surface area contributed by atoms with Gasteiger partial charge in [-0.1, -0.05) is 6.92 Å². The molecule has 2 heterocycles. The molecule has 3 heteroatoms. The van der Waals surface area contributed by atoms with Crippen molar-refractivity contribution in [2.45, 2.75) is 26.7 Å². The molecule has 1 saturated heterocycles. The smallest absolute Gasteiger partial charge is 0.0621 e. The number of nitrogens with zero attached hydrogens (tertiary/aromatic N) is 2. The topological polar surface area (TPSA) is 16.1 Å². The van der Waals surface area contributed by atoms with E-state index in [2.05, 4.69) is 38.8 Å². The molecule has 0 bridgehead atoms. The van der Waals surface area contributed by atoms with Gasteiger partial charge in [0, 0.05) is 19.3 Å². The average Bonchev–Trinajstić information content (AvgIpc) is 2.24. The van der Waals surface area contributed by atoms with Crippen molar-refractivity contribution in [3.05, 3.63) is 22.4 Å². The van der Waals surface area contributed by atoms with Crippen LogP contribution in [0.15, 0.2) is 16.7 Å². The summed E-state index contributed by atoms with van der Waals surface area (Å²) in [7, 11) is 0. The number of anilines is 1. The highest BCUT2D eigenvalue weighted by Gasteiger charge is 2.18. The molecule has 1 aromatic heterocycles. The van der Waals surface area contributed by atoms with Gasteiger partial charge in [-0.3, -0.25) is 4.98 Å². The first kappa shape index (κ1) is 10.9. The number of hydrogen-bond acceptors (Lipinski definition) is 2. The summed E-state index contributed by atoms with van der Waals surface area (Å²) in [6.07, 6.45) is 4.50. The fraction of sp³-hybridized carbons (Fsp3) is 0.583. The van der Waals surface area contributed by atoms with E-state index in [9.17, 15) is 0 Å². The first-order valence-corrected chi connectivity index (χ1v) is 6.34. The number of pyridine rings is 1. The average molecular weight is 269 g/mol. The lowest BCUT2D eigenvalue weighted by Gasteiger charge is -2.32. The highest BCUT2D eigenvalue weighted by molar-refractivity contribution is 9.10. The Morgan fingerprint density at radius 1 is 1.40 bits per heavy atom. The second-order valence-corrected chi connectivity index (χ2v) is 5.19. The van der Waals surface area contributed by atoms with Crippen LogP contribution in [0, 0.1) is 12.8 Å². The van der Waals surface area contributed by atoms with Gasteiger partial charge in [-0.15, -0.1) is 0 Å². The van der Waals surface area contributed by atoms with Crippen molar-refractivity contribution >= 4 is 21.6 Å². The summed E-state index contributed by atoms with van der Waals surface area (Å²) in [5.41, 5.74) is 2.38. The molecule has 2 rings (SSSR count). The maximum Gasteiger partial charge on any atom is 0.0621 e. The first-order valence-electron chi connectivity index (χ1n) is 5.54. The molecule has 0 amide bonds. The van der Waals surface area contributed by atoms with Gasteiger partial charge in [-0.05, 0) is 47.7 Å². The van der Waals surface area contributed by atoms with Crippen molar-refractivity contribution in [1.29, 1.82) is 0 Å². The molecule has 0 spiro atoms. The van der Waals surface area contributed by atoms with E-state index >= 15 is 0 Å².